The number of hydrogen-bond donors (Lipinski definition) is 0. The first-order chi connectivity index (χ1) is 5.66. The molecule has 0 unspecified atom stereocenters. The molecule has 0 amide bonds. The Morgan fingerprint density at radius 2 is 2.25 bits per heavy atom. The molecule has 0 heterocycles. The van der Waals surface area contributed by atoms with Gasteiger partial charge < -0.3 is 0 Å². The third-order valence-corrected chi connectivity index (χ3v) is 2.35. The number of nitriles is 1. The minimum Gasteiger partial charge on any atom is -0.294 e. The number of ketones is 1. The van der Waals surface area contributed by atoms with Crippen molar-refractivity contribution in [3.63, 3.8) is 0 Å². The van der Waals surface area contributed by atoms with Gasteiger partial charge in [-0.25, -0.2) is 0 Å². The van der Waals surface area contributed by atoms with Crippen LogP contribution in [0.5, 0.6) is 0 Å². The summed E-state index contributed by atoms with van der Waals surface area (Å²) in [5.41, 5.74) is 1.04. The third kappa shape index (κ3) is 1.54. The highest BCUT2D eigenvalue weighted by atomic mass is 79.9. The molecule has 3 heteroatoms. The Balaban J connectivity index is 3.35. The lowest BCUT2D eigenvalue weighted by molar-refractivity contribution is 0.101. The van der Waals surface area contributed by atoms with Gasteiger partial charge in [0, 0.05) is 10.0 Å². The van der Waals surface area contributed by atoms with Crippen molar-refractivity contribution in [2.24, 2.45) is 0 Å². The number of hydrogen-bond acceptors (Lipinski definition) is 2. The molecule has 0 N–H and O–H groups in total. The van der Waals surface area contributed by atoms with E-state index in [1.54, 1.807) is 18.2 Å². The molecule has 0 aromatic heterocycles. The molecule has 1 rings (SSSR count). The van der Waals surface area contributed by atoms with Crippen molar-refractivity contribution in [2.75, 3.05) is 0 Å². The number of rotatable bonds is 1. The Hall–Kier alpha value is -1.14. The number of halogens is 1. The monoisotopic (exact) mass is 223 g/mol. The summed E-state index contributed by atoms with van der Waals surface area (Å²) >= 11 is 3.20. The Morgan fingerprint density at radius 1 is 1.58 bits per heavy atom. The smallest absolute Gasteiger partial charge is 0.160 e. The molecule has 0 aliphatic carbocycles. The predicted molar refractivity (Wildman–Crippen MR) is 48.9 cm³/mol. The molecule has 1 aromatic carbocycles. The molecule has 0 bridgehead atoms. The molecule has 0 aliphatic rings. The summed E-state index contributed by atoms with van der Waals surface area (Å²) in [6.07, 6.45) is 0. The molecule has 0 spiro atoms. The number of carbonyl (C=O) groups excluding carboxylic acids is 1. The minimum atomic E-state index is -0.0426. The Bertz CT molecular complexity index is 365. The lowest BCUT2D eigenvalue weighted by atomic mass is 10.1. The van der Waals surface area contributed by atoms with Gasteiger partial charge in [0.25, 0.3) is 0 Å². The van der Waals surface area contributed by atoms with Crippen LogP contribution >= 0.6 is 15.9 Å². The maximum Gasteiger partial charge on any atom is 0.160 e. The number of Topliss-reactive ketones (excluding diaryl/α,β-unsaturated/α-hetero) is 1. The van der Waals surface area contributed by atoms with E-state index in [1.165, 1.54) is 6.92 Å². The van der Waals surface area contributed by atoms with Gasteiger partial charge >= 0.3 is 0 Å². The molecular formula is C9H6BrNO. The number of nitrogens with zero attached hydrogens (tertiary/aromatic N) is 1. The van der Waals surface area contributed by atoms with E-state index < -0.39 is 0 Å². The van der Waals surface area contributed by atoms with Crippen molar-refractivity contribution in [3.05, 3.63) is 33.8 Å². The standard InChI is InChI=1S/C9H6BrNO/c1-6(12)8-4-2-3-7(5-11)9(8)10/h2-4H,1H3. The Morgan fingerprint density at radius 3 is 2.75 bits per heavy atom. The van der Waals surface area contributed by atoms with Crippen LogP contribution in [0.2, 0.25) is 0 Å². The number of carbonyl (C=O) groups is 1. The van der Waals surface area contributed by atoms with E-state index in [0.29, 0.717) is 15.6 Å². The summed E-state index contributed by atoms with van der Waals surface area (Å²) in [5, 5.41) is 8.63. The Kier molecular flexibility index (Phi) is 2.61. The van der Waals surface area contributed by atoms with Crippen LogP contribution in [0.3, 0.4) is 0 Å². The van der Waals surface area contributed by atoms with E-state index in [1.807, 2.05) is 6.07 Å². The second-order valence-corrected chi connectivity index (χ2v) is 3.13. The first-order valence-electron chi connectivity index (χ1n) is 3.36. The quantitative estimate of drug-likeness (QED) is 0.687. The summed E-state index contributed by atoms with van der Waals surface area (Å²) in [6, 6.07) is 7.04. The van der Waals surface area contributed by atoms with Crippen molar-refractivity contribution in [1.29, 1.82) is 5.26 Å². The van der Waals surface area contributed by atoms with E-state index in [0.717, 1.165) is 0 Å². The zero-order chi connectivity index (χ0) is 9.14. The fraction of sp³-hybridized carbons (Fsp3) is 0.111. The van der Waals surface area contributed by atoms with Gasteiger partial charge in [-0.3, -0.25) is 4.79 Å². The summed E-state index contributed by atoms with van der Waals surface area (Å²) in [7, 11) is 0. The van der Waals surface area contributed by atoms with Crippen molar-refractivity contribution in [3.8, 4) is 6.07 Å². The molecule has 0 atom stereocenters. The van der Waals surface area contributed by atoms with Gasteiger partial charge in [0.1, 0.15) is 6.07 Å². The Labute approximate surface area is 78.9 Å². The SMILES string of the molecule is CC(=O)c1cccc(C#N)c1Br. The summed E-state index contributed by atoms with van der Waals surface area (Å²) in [4.78, 5) is 11.0. The van der Waals surface area contributed by atoms with Gasteiger partial charge in [-0.15, -0.1) is 0 Å². The van der Waals surface area contributed by atoms with Gasteiger partial charge in [-0.1, -0.05) is 12.1 Å². The second-order valence-electron chi connectivity index (χ2n) is 2.34. The van der Waals surface area contributed by atoms with Crippen molar-refractivity contribution >= 4 is 21.7 Å². The average molecular weight is 224 g/mol. The molecular weight excluding hydrogens is 218 g/mol. The molecule has 12 heavy (non-hydrogen) atoms. The highest BCUT2D eigenvalue weighted by molar-refractivity contribution is 9.10. The van der Waals surface area contributed by atoms with E-state index in [9.17, 15) is 4.79 Å². The van der Waals surface area contributed by atoms with E-state index in [2.05, 4.69) is 15.9 Å². The van der Waals surface area contributed by atoms with Gasteiger partial charge in [0.05, 0.1) is 5.56 Å². The average Bonchev–Trinajstić information content (AvgIpc) is 2.04. The van der Waals surface area contributed by atoms with Gasteiger partial charge in [-0.2, -0.15) is 5.26 Å². The molecule has 2 nitrogen and oxygen atoms in total. The largest absolute Gasteiger partial charge is 0.294 e. The molecule has 60 valence electrons. The topological polar surface area (TPSA) is 40.9 Å². The zero-order valence-electron chi connectivity index (χ0n) is 6.47. The summed E-state index contributed by atoms with van der Waals surface area (Å²) in [5.74, 6) is -0.0426. The molecule has 0 aliphatic heterocycles. The third-order valence-electron chi connectivity index (χ3n) is 1.50. The van der Waals surface area contributed by atoms with Crippen molar-refractivity contribution < 1.29 is 4.79 Å². The highest BCUT2D eigenvalue weighted by Crippen LogP contribution is 2.21. The fourth-order valence-corrected chi connectivity index (χ4v) is 1.52. The van der Waals surface area contributed by atoms with Gasteiger partial charge in [-0.05, 0) is 28.9 Å². The predicted octanol–water partition coefficient (Wildman–Crippen LogP) is 2.52. The number of benzene rings is 1. The first kappa shape index (κ1) is 8.95. The lowest BCUT2D eigenvalue weighted by Gasteiger charge is -1.99. The fourth-order valence-electron chi connectivity index (χ4n) is 0.890. The van der Waals surface area contributed by atoms with E-state index in [-0.39, 0.29) is 5.78 Å². The second kappa shape index (κ2) is 3.51. The summed E-state index contributed by atoms with van der Waals surface area (Å²) < 4.78 is 0.583. The van der Waals surface area contributed by atoms with Crippen LogP contribution in [0.4, 0.5) is 0 Å². The maximum absolute atomic E-state index is 11.0. The van der Waals surface area contributed by atoms with Crippen LogP contribution in [0.15, 0.2) is 22.7 Å². The summed E-state index contributed by atoms with van der Waals surface area (Å²) in [6.45, 7) is 1.47. The molecule has 1 aromatic rings. The van der Waals surface area contributed by atoms with Crippen LogP contribution in [-0.4, -0.2) is 5.78 Å². The molecule has 0 radical (unpaired) electrons. The van der Waals surface area contributed by atoms with Gasteiger partial charge in [0.15, 0.2) is 5.78 Å². The van der Waals surface area contributed by atoms with E-state index >= 15 is 0 Å². The van der Waals surface area contributed by atoms with Crippen LogP contribution in [0.25, 0.3) is 0 Å². The minimum absolute atomic E-state index is 0.0426. The lowest BCUT2D eigenvalue weighted by Crippen LogP contribution is -1.94. The highest BCUT2D eigenvalue weighted by Gasteiger charge is 2.07. The van der Waals surface area contributed by atoms with Gasteiger partial charge in [0.2, 0.25) is 0 Å². The van der Waals surface area contributed by atoms with Crippen LogP contribution in [0, 0.1) is 11.3 Å². The van der Waals surface area contributed by atoms with E-state index in [4.69, 9.17) is 5.26 Å². The van der Waals surface area contributed by atoms with Crippen LogP contribution in [0.1, 0.15) is 22.8 Å². The van der Waals surface area contributed by atoms with Crippen molar-refractivity contribution in [1.82, 2.24) is 0 Å². The van der Waals surface area contributed by atoms with Crippen molar-refractivity contribution in [2.45, 2.75) is 6.92 Å². The van der Waals surface area contributed by atoms with Crippen LogP contribution in [-0.2, 0) is 0 Å². The zero-order valence-corrected chi connectivity index (χ0v) is 8.05. The first-order valence-corrected chi connectivity index (χ1v) is 4.15. The van der Waals surface area contributed by atoms with Crippen LogP contribution < -0.4 is 0 Å². The molecule has 0 saturated carbocycles. The molecule has 0 fully saturated rings. The molecule has 0 saturated heterocycles. The normalized spacial score (nSPS) is 9.08. The maximum atomic E-state index is 11.0.